The van der Waals surface area contributed by atoms with Crippen LogP contribution in [0, 0.1) is 0 Å². The molecule has 2 aromatic carbocycles. The van der Waals surface area contributed by atoms with Crippen LogP contribution in [0.15, 0.2) is 53.3 Å². The number of benzene rings is 2. The molecule has 3 aromatic rings. The van der Waals surface area contributed by atoms with Crippen LogP contribution in [-0.4, -0.2) is 44.8 Å². The summed E-state index contributed by atoms with van der Waals surface area (Å²) in [6, 6.07) is 14.2. The van der Waals surface area contributed by atoms with E-state index in [0.717, 1.165) is 12.8 Å². The molecule has 1 saturated carbocycles. The van der Waals surface area contributed by atoms with Gasteiger partial charge in [0, 0.05) is 30.8 Å². The Balaban J connectivity index is 1.33. The average Bonchev–Trinajstić information content (AvgIpc) is 2.84. The fraction of sp³-hybridized carbons (Fsp3) is 0.375. The molecule has 1 fully saturated rings. The summed E-state index contributed by atoms with van der Waals surface area (Å²) in [4.78, 5) is 39.4. The van der Waals surface area contributed by atoms with Crippen LogP contribution in [0.25, 0.3) is 10.9 Å². The summed E-state index contributed by atoms with van der Waals surface area (Å²) >= 11 is 0. The molecule has 1 aliphatic carbocycles. The van der Waals surface area contributed by atoms with Crippen LogP contribution < -0.4 is 10.9 Å². The quantitative estimate of drug-likeness (QED) is 0.644. The maximum Gasteiger partial charge on any atom is 0.277 e. The summed E-state index contributed by atoms with van der Waals surface area (Å²) in [5.74, 6) is -0.241. The minimum Gasteiger partial charge on any atom is -0.339 e. The van der Waals surface area contributed by atoms with Crippen molar-refractivity contribution in [1.82, 2.24) is 19.9 Å². The number of amides is 2. The van der Waals surface area contributed by atoms with Crippen LogP contribution in [0.1, 0.15) is 48.9 Å². The van der Waals surface area contributed by atoms with Gasteiger partial charge in [0.2, 0.25) is 5.91 Å². The van der Waals surface area contributed by atoms with Crippen molar-refractivity contribution in [2.75, 3.05) is 12.4 Å². The SMILES string of the molecule is CN(C(=O)c1ccc(NC(=O)CCn2nnc3ccccc3c2=O)cc1)C1CCCCC1. The van der Waals surface area contributed by atoms with Crippen LogP contribution >= 0.6 is 0 Å². The van der Waals surface area contributed by atoms with Gasteiger partial charge in [0.25, 0.3) is 11.5 Å². The van der Waals surface area contributed by atoms with Crippen molar-refractivity contribution < 1.29 is 9.59 Å². The first-order chi connectivity index (χ1) is 15.5. The fourth-order valence-corrected chi connectivity index (χ4v) is 4.13. The minimum atomic E-state index is -0.270. The van der Waals surface area contributed by atoms with E-state index in [4.69, 9.17) is 0 Å². The van der Waals surface area contributed by atoms with Crippen LogP contribution in [0.5, 0.6) is 0 Å². The lowest BCUT2D eigenvalue weighted by Gasteiger charge is -2.31. The Morgan fingerprint density at radius 3 is 2.53 bits per heavy atom. The van der Waals surface area contributed by atoms with Gasteiger partial charge in [-0.1, -0.05) is 36.6 Å². The summed E-state index contributed by atoms with van der Waals surface area (Å²) in [5, 5.41) is 11.2. The molecule has 1 aromatic heterocycles. The Hall–Kier alpha value is -3.55. The number of hydrogen-bond acceptors (Lipinski definition) is 5. The molecule has 0 unspecified atom stereocenters. The van der Waals surface area contributed by atoms with Crippen molar-refractivity contribution in [3.8, 4) is 0 Å². The molecule has 0 atom stereocenters. The summed E-state index contributed by atoms with van der Waals surface area (Å²) in [7, 11) is 1.87. The Bertz CT molecular complexity index is 1170. The number of rotatable bonds is 6. The van der Waals surface area contributed by atoms with E-state index in [2.05, 4.69) is 15.6 Å². The van der Waals surface area contributed by atoms with Gasteiger partial charge in [-0.05, 0) is 49.2 Å². The Morgan fingerprint density at radius 1 is 1.06 bits per heavy atom. The van der Waals surface area contributed by atoms with Gasteiger partial charge in [0.05, 0.1) is 11.9 Å². The molecule has 0 saturated heterocycles. The molecular weight excluding hydrogens is 406 g/mol. The van der Waals surface area contributed by atoms with Crippen molar-refractivity contribution in [1.29, 1.82) is 0 Å². The van der Waals surface area contributed by atoms with E-state index in [1.807, 2.05) is 11.9 Å². The van der Waals surface area contributed by atoms with Gasteiger partial charge in [0.15, 0.2) is 0 Å². The van der Waals surface area contributed by atoms with Gasteiger partial charge < -0.3 is 10.2 Å². The highest BCUT2D eigenvalue weighted by Gasteiger charge is 2.22. The zero-order chi connectivity index (χ0) is 22.5. The zero-order valence-electron chi connectivity index (χ0n) is 18.2. The lowest BCUT2D eigenvalue weighted by Crippen LogP contribution is -2.38. The van der Waals surface area contributed by atoms with Gasteiger partial charge in [-0.2, -0.15) is 0 Å². The van der Waals surface area contributed by atoms with E-state index in [1.54, 1.807) is 48.5 Å². The minimum absolute atomic E-state index is 0.00373. The number of hydrogen-bond donors (Lipinski definition) is 1. The molecule has 0 spiro atoms. The third-order valence-corrected chi connectivity index (χ3v) is 6.04. The first kappa shape index (κ1) is 21.7. The van der Waals surface area contributed by atoms with E-state index < -0.39 is 0 Å². The van der Waals surface area contributed by atoms with Gasteiger partial charge >= 0.3 is 0 Å². The zero-order valence-corrected chi connectivity index (χ0v) is 18.2. The predicted octanol–water partition coefficient (Wildman–Crippen LogP) is 3.23. The third kappa shape index (κ3) is 4.85. The largest absolute Gasteiger partial charge is 0.339 e. The lowest BCUT2D eigenvalue weighted by molar-refractivity contribution is -0.116. The molecule has 8 nitrogen and oxygen atoms in total. The van der Waals surface area contributed by atoms with Crippen molar-refractivity contribution in [2.24, 2.45) is 0 Å². The summed E-state index contributed by atoms with van der Waals surface area (Å²) < 4.78 is 1.20. The van der Waals surface area contributed by atoms with Gasteiger partial charge in [-0.3, -0.25) is 14.4 Å². The normalized spacial score (nSPS) is 14.3. The highest BCUT2D eigenvalue weighted by Crippen LogP contribution is 2.23. The number of carbonyl (C=O) groups is 2. The fourth-order valence-electron chi connectivity index (χ4n) is 4.13. The summed E-state index contributed by atoms with van der Waals surface area (Å²) in [6.07, 6.45) is 5.78. The van der Waals surface area contributed by atoms with E-state index in [-0.39, 0.29) is 30.3 Å². The van der Waals surface area contributed by atoms with Crippen molar-refractivity contribution in [3.63, 3.8) is 0 Å². The molecule has 1 N–H and O–H groups in total. The second kappa shape index (κ2) is 9.72. The van der Waals surface area contributed by atoms with Crippen LogP contribution in [-0.2, 0) is 11.3 Å². The standard InChI is InChI=1S/C24H27N5O3/c1-28(19-7-3-2-4-8-19)23(31)17-11-13-18(14-12-17)25-22(30)15-16-29-24(32)20-9-5-6-10-21(20)26-27-29/h5-6,9-14,19H,2-4,7-8,15-16H2,1H3,(H,25,30). The first-order valence-corrected chi connectivity index (χ1v) is 11.0. The summed E-state index contributed by atoms with van der Waals surface area (Å²) in [6.45, 7) is 0.130. The lowest BCUT2D eigenvalue weighted by atomic mass is 9.94. The van der Waals surface area contributed by atoms with Crippen molar-refractivity contribution in [2.45, 2.75) is 51.1 Å². The molecule has 32 heavy (non-hydrogen) atoms. The van der Waals surface area contributed by atoms with Gasteiger partial charge in [-0.15, -0.1) is 5.10 Å². The van der Waals surface area contributed by atoms with E-state index in [9.17, 15) is 14.4 Å². The molecule has 2 amide bonds. The molecule has 0 radical (unpaired) electrons. The molecule has 4 rings (SSSR count). The number of carbonyl (C=O) groups excluding carboxylic acids is 2. The van der Waals surface area contributed by atoms with E-state index in [1.165, 1.54) is 23.9 Å². The average molecular weight is 434 g/mol. The highest BCUT2D eigenvalue weighted by atomic mass is 16.2. The van der Waals surface area contributed by atoms with Crippen molar-refractivity contribution >= 4 is 28.4 Å². The Morgan fingerprint density at radius 2 is 1.78 bits per heavy atom. The van der Waals surface area contributed by atoms with Crippen LogP contribution in [0.3, 0.4) is 0 Å². The number of aryl methyl sites for hydroxylation is 1. The number of nitrogens with zero attached hydrogens (tertiary/aromatic N) is 4. The third-order valence-electron chi connectivity index (χ3n) is 6.04. The maximum absolute atomic E-state index is 12.8. The van der Waals surface area contributed by atoms with Gasteiger partial charge in [-0.25, -0.2) is 4.68 Å². The second-order valence-electron chi connectivity index (χ2n) is 8.22. The smallest absolute Gasteiger partial charge is 0.277 e. The molecular formula is C24H27N5O3. The van der Waals surface area contributed by atoms with Gasteiger partial charge in [0.1, 0.15) is 5.52 Å². The van der Waals surface area contributed by atoms with Crippen LogP contribution in [0.2, 0.25) is 0 Å². The number of aromatic nitrogens is 3. The van der Waals surface area contributed by atoms with Crippen LogP contribution in [0.4, 0.5) is 5.69 Å². The molecule has 0 aliphatic heterocycles. The van der Waals surface area contributed by atoms with E-state index in [0.29, 0.717) is 28.2 Å². The molecule has 1 aliphatic rings. The number of anilines is 1. The second-order valence-corrected chi connectivity index (χ2v) is 8.22. The summed E-state index contributed by atoms with van der Waals surface area (Å²) in [5.41, 5.74) is 1.47. The monoisotopic (exact) mass is 433 g/mol. The topological polar surface area (TPSA) is 97.2 Å². The molecule has 8 heteroatoms. The first-order valence-electron chi connectivity index (χ1n) is 11.0. The molecule has 1 heterocycles. The Kier molecular flexibility index (Phi) is 6.58. The molecule has 0 bridgehead atoms. The Labute approximate surface area is 186 Å². The predicted molar refractivity (Wildman–Crippen MR) is 122 cm³/mol. The molecule has 166 valence electrons. The number of fused-ring (bicyclic) bond motifs is 1. The van der Waals surface area contributed by atoms with E-state index >= 15 is 0 Å². The number of nitrogens with one attached hydrogen (secondary N) is 1. The van der Waals surface area contributed by atoms with Crippen molar-refractivity contribution in [3.05, 3.63) is 64.4 Å². The maximum atomic E-state index is 12.8. The highest BCUT2D eigenvalue weighted by molar-refractivity contribution is 5.95.